The first kappa shape index (κ1) is 26.9. The van der Waals surface area contributed by atoms with Gasteiger partial charge in [-0.3, -0.25) is 18.7 Å². The van der Waals surface area contributed by atoms with Gasteiger partial charge in [0.15, 0.2) is 5.78 Å². The molecule has 38 heavy (non-hydrogen) atoms. The molecule has 0 aliphatic rings. The van der Waals surface area contributed by atoms with Crippen LogP contribution in [0.15, 0.2) is 48.9 Å². The highest BCUT2D eigenvalue weighted by atomic mass is 19.1. The maximum Gasteiger partial charge on any atom is 0.257 e. The van der Waals surface area contributed by atoms with E-state index in [1.54, 1.807) is 55.2 Å². The summed E-state index contributed by atoms with van der Waals surface area (Å²) in [5.74, 6) is 0.228. The van der Waals surface area contributed by atoms with E-state index < -0.39 is 13.3 Å². The zero-order valence-corrected chi connectivity index (χ0v) is 21.1. The lowest BCUT2D eigenvalue weighted by Gasteiger charge is -2.17. The summed E-state index contributed by atoms with van der Waals surface area (Å²) in [5, 5.41) is 4.10. The van der Waals surface area contributed by atoms with Crippen LogP contribution >= 0.6 is 0 Å². The molecular formula is C26H28F2N6O4. The molecule has 0 spiro atoms. The van der Waals surface area contributed by atoms with E-state index in [1.807, 2.05) is 6.07 Å². The number of hydrogen-bond donors (Lipinski definition) is 0. The maximum atomic E-state index is 13.2. The number of likely N-dealkylation sites (N-methyl/N-ethyl adjacent to an activating group) is 1. The van der Waals surface area contributed by atoms with Crippen LogP contribution in [0.2, 0.25) is 0 Å². The molecule has 200 valence electrons. The molecule has 3 heterocycles. The molecule has 3 aromatic heterocycles. The van der Waals surface area contributed by atoms with Crippen molar-refractivity contribution in [1.82, 2.24) is 29.0 Å². The summed E-state index contributed by atoms with van der Waals surface area (Å²) < 4.78 is 38.2. The standard InChI is InChI=1S/C26H28F2N6O4/c1-32(10-13-37-11-7-27)25(36)21-16-29-33(2)24(21)23(35)15-19-6-9-34-17-22(31-26(34)30-19)18-4-3-5-20(14-18)38-12-8-28/h3-6,9,14,16-17H,7-8,10-13,15H2,1-2H3. The molecule has 0 saturated carbocycles. The number of carbonyl (C=O) groups is 2. The van der Waals surface area contributed by atoms with Crippen molar-refractivity contribution in [3.63, 3.8) is 0 Å². The van der Waals surface area contributed by atoms with Crippen LogP contribution in [0.1, 0.15) is 26.5 Å². The fourth-order valence-corrected chi connectivity index (χ4v) is 3.89. The van der Waals surface area contributed by atoms with Crippen LogP contribution in [0.25, 0.3) is 17.0 Å². The second-order valence-corrected chi connectivity index (χ2v) is 8.48. The fraction of sp³-hybridized carbons (Fsp3) is 0.346. The Morgan fingerprint density at radius 1 is 1.08 bits per heavy atom. The van der Waals surface area contributed by atoms with Gasteiger partial charge in [0, 0.05) is 38.6 Å². The summed E-state index contributed by atoms with van der Waals surface area (Å²) in [6, 6.07) is 8.88. The summed E-state index contributed by atoms with van der Waals surface area (Å²) in [6.07, 6.45) is 4.85. The highest BCUT2D eigenvalue weighted by Gasteiger charge is 2.25. The van der Waals surface area contributed by atoms with Crippen molar-refractivity contribution in [3.8, 4) is 17.0 Å². The summed E-state index contributed by atoms with van der Waals surface area (Å²) in [5.41, 5.74) is 2.24. The number of rotatable bonds is 13. The van der Waals surface area contributed by atoms with Crippen molar-refractivity contribution in [2.45, 2.75) is 6.42 Å². The monoisotopic (exact) mass is 526 g/mol. The Bertz CT molecular complexity index is 1420. The van der Waals surface area contributed by atoms with Crippen LogP contribution in [0, 0.1) is 0 Å². The lowest BCUT2D eigenvalue weighted by Crippen LogP contribution is -2.31. The number of benzene rings is 1. The van der Waals surface area contributed by atoms with Crippen LogP contribution in [0.4, 0.5) is 8.78 Å². The second-order valence-electron chi connectivity index (χ2n) is 8.48. The smallest absolute Gasteiger partial charge is 0.257 e. The highest BCUT2D eigenvalue weighted by Crippen LogP contribution is 2.24. The number of ether oxygens (including phenoxy) is 2. The molecule has 1 amide bonds. The van der Waals surface area contributed by atoms with Crippen LogP contribution in [-0.4, -0.2) is 87.5 Å². The Morgan fingerprint density at radius 2 is 1.89 bits per heavy atom. The van der Waals surface area contributed by atoms with Gasteiger partial charge in [-0.05, 0) is 18.2 Å². The highest BCUT2D eigenvalue weighted by molar-refractivity contribution is 6.07. The average Bonchev–Trinajstić information content (AvgIpc) is 3.52. The summed E-state index contributed by atoms with van der Waals surface area (Å²) in [6.45, 7) is -0.806. The van der Waals surface area contributed by atoms with Gasteiger partial charge in [0.05, 0.1) is 42.8 Å². The summed E-state index contributed by atoms with van der Waals surface area (Å²) >= 11 is 0. The number of nitrogens with zero attached hydrogens (tertiary/aromatic N) is 6. The molecule has 4 aromatic rings. The average molecular weight is 527 g/mol. The zero-order chi connectivity index (χ0) is 27.1. The van der Waals surface area contributed by atoms with Crippen molar-refractivity contribution >= 4 is 17.5 Å². The SMILES string of the molecule is CN(CCOCCF)C(=O)c1cnn(C)c1C(=O)Cc1ccn2cc(-c3cccc(OCCF)c3)nc2n1. The molecular weight excluding hydrogens is 498 g/mol. The molecule has 0 aliphatic heterocycles. The Balaban J connectivity index is 1.49. The van der Waals surface area contributed by atoms with E-state index in [2.05, 4.69) is 15.1 Å². The third-order valence-electron chi connectivity index (χ3n) is 5.77. The van der Waals surface area contributed by atoms with Gasteiger partial charge in [0.25, 0.3) is 5.91 Å². The van der Waals surface area contributed by atoms with E-state index in [0.717, 1.165) is 5.56 Å². The lowest BCUT2D eigenvalue weighted by molar-refractivity contribution is 0.0673. The first-order valence-corrected chi connectivity index (χ1v) is 12.0. The topological polar surface area (TPSA) is 104 Å². The molecule has 12 heteroatoms. The number of fused-ring (bicyclic) bond motifs is 1. The van der Waals surface area contributed by atoms with Gasteiger partial charge < -0.3 is 14.4 Å². The quantitative estimate of drug-likeness (QED) is 0.195. The Morgan fingerprint density at radius 3 is 2.68 bits per heavy atom. The van der Waals surface area contributed by atoms with Crippen LogP contribution in [0.5, 0.6) is 5.75 Å². The first-order chi connectivity index (χ1) is 18.4. The minimum absolute atomic E-state index is 0.0251. The van der Waals surface area contributed by atoms with Crippen LogP contribution < -0.4 is 4.74 Å². The second kappa shape index (κ2) is 12.4. The normalized spacial score (nSPS) is 11.2. The number of imidazole rings is 1. The van der Waals surface area contributed by atoms with Crippen LogP contribution in [-0.2, 0) is 18.2 Å². The molecule has 1 aromatic carbocycles. The molecule has 0 radical (unpaired) electrons. The largest absolute Gasteiger partial charge is 0.491 e. The van der Waals surface area contributed by atoms with E-state index in [0.29, 0.717) is 22.9 Å². The number of alkyl halides is 2. The molecule has 0 aliphatic carbocycles. The molecule has 0 unspecified atom stereocenters. The molecule has 0 N–H and O–H groups in total. The summed E-state index contributed by atoms with van der Waals surface area (Å²) in [7, 11) is 3.17. The molecule has 0 atom stereocenters. The number of hydrogen-bond acceptors (Lipinski definition) is 7. The van der Waals surface area contributed by atoms with Crippen molar-refractivity contribution in [2.75, 3.05) is 46.8 Å². The van der Waals surface area contributed by atoms with Crippen molar-refractivity contribution in [2.24, 2.45) is 7.05 Å². The van der Waals surface area contributed by atoms with Gasteiger partial charge in [0.2, 0.25) is 5.78 Å². The molecule has 0 bridgehead atoms. The molecule has 0 fully saturated rings. The minimum atomic E-state index is -0.595. The Labute approximate surface area is 217 Å². The minimum Gasteiger partial charge on any atom is -0.491 e. The number of aromatic nitrogens is 5. The number of carbonyl (C=O) groups excluding carboxylic acids is 2. The van der Waals surface area contributed by atoms with Gasteiger partial charge in [-0.1, -0.05) is 12.1 Å². The first-order valence-electron chi connectivity index (χ1n) is 12.0. The summed E-state index contributed by atoms with van der Waals surface area (Å²) in [4.78, 5) is 36.6. The zero-order valence-electron chi connectivity index (χ0n) is 21.1. The van der Waals surface area contributed by atoms with Crippen molar-refractivity contribution in [1.29, 1.82) is 0 Å². The van der Waals surface area contributed by atoms with Gasteiger partial charge in [-0.25, -0.2) is 18.7 Å². The third kappa shape index (κ3) is 6.20. The molecule has 4 rings (SSSR count). The van der Waals surface area contributed by atoms with Crippen LogP contribution in [0.3, 0.4) is 0 Å². The van der Waals surface area contributed by atoms with E-state index in [1.165, 1.54) is 15.8 Å². The van der Waals surface area contributed by atoms with E-state index in [-0.39, 0.29) is 55.7 Å². The number of amides is 1. The van der Waals surface area contributed by atoms with Crippen molar-refractivity contribution < 1.29 is 27.8 Å². The predicted molar refractivity (Wildman–Crippen MR) is 135 cm³/mol. The van der Waals surface area contributed by atoms with E-state index in [4.69, 9.17) is 9.47 Å². The lowest BCUT2D eigenvalue weighted by atomic mass is 10.1. The predicted octanol–water partition coefficient (Wildman–Crippen LogP) is 2.96. The van der Waals surface area contributed by atoms with Gasteiger partial charge in [0.1, 0.15) is 31.4 Å². The van der Waals surface area contributed by atoms with Crippen molar-refractivity contribution in [3.05, 3.63) is 65.9 Å². The number of ketones is 1. The fourth-order valence-electron chi connectivity index (χ4n) is 3.89. The Kier molecular flexibility index (Phi) is 8.74. The van der Waals surface area contributed by atoms with E-state index in [9.17, 15) is 18.4 Å². The number of aryl methyl sites for hydroxylation is 1. The Hall–Kier alpha value is -4.19. The third-order valence-corrected chi connectivity index (χ3v) is 5.77. The molecule has 10 nitrogen and oxygen atoms in total. The van der Waals surface area contributed by atoms with Gasteiger partial charge in [-0.15, -0.1) is 0 Å². The maximum absolute atomic E-state index is 13.2. The number of Topliss-reactive ketones (excluding diaryl/α,β-unsaturated/α-hetero) is 1. The molecule has 0 saturated heterocycles. The van der Waals surface area contributed by atoms with E-state index >= 15 is 0 Å². The number of halogens is 2. The van der Waals surface area contributed by atoms with Gasteiger partial charge >= 0.3 is 0 Å². The van der Waals surface area contributed by atoms with Gasteiger partial charge in [-0.2, -0.15) is 5.10 Å².